The Balaban J connectivity index is 1.29. The number of aromatic amines is 1. The number of amides is 1. The number of carbonyl (C=O) groups excluding carboxylic acids is 1. The van der Waals surface area contributed by atoms with E-state index in [4.69, 9.17) is 4.74 Å². The molecule has 2 aromatic carbocycles. The Morgan fingerprint density at radius 3 is 2.63 bits per heavy atom. The average Bonchev–Trinajstić information content (AvgIpc) is 3.33. The summed E-state index contributed by atoms with van der Waals surface area (Å²) in [5.41, 5.74) is 3.91. The predicted octanol–water partition coefficient (Wildman–Crippen LogP) is 4.30. The first-order chi connectivity index (χ1) is 17.0. The van der Waals surface area contributed by atoms with Gasteiger partial charge in [0.2, 0.25) is 0 Å². The molecule has 3 heterocycles. The number of methoxy groups -OCH3 is 1. The highest BCUT2D eigenvalue weighted by Crippen LogP contribution is 2.29. The summed E-state index contributed by atoms with van der Waals surface area (Å²) in [4.78, 5) is 22.4. The first-order valence-corrected chi connectivity index (χ1v) is 12.6. The summed E-state index contributed by atoms with van der Waals surface area (Å²) in [6, 6.07) is 16.7. The van der Waals surface area contributed by atoms with E-state index in [2.05, 4.69) is 20.8 Å². The van der Waals surface area contributed by atoms with Crippen LogP contribution in [0.4, 0.5) is 5.69 Å². The number of hydrogen-bond donors (Lipinski definition) is 2. The first-order valence-electron chi connectivity index (χ1n) is 11.1. The zero-order valence-corrected chi connectivity index (χ0v) is 19.9. The van der Waals surface area contributed by atoms with Crippen LogP contribution >= 0.6 is 0 Å². The quantitative estimate of drug-likeness (QED) is 0.421. The predicted molar refractivity (Wildman–Crippen MR) is 135 cm³/mol. The van der Waals surface area contributed by atoms with Gasteiger partial charge in [0.25, 0.3) is 15.9 Å². The van der Waals surface area contributed by atoms with Crippen molar-refractivity contribution in [1.29, 1.82) is 0 Å². The number of carbonyl (C=O) groups is 1. The van der Waals surface area contributed by atoms with Crippen LogP contribution in [0.15, 0.2) is 84.0 Å². The van der Waals surface area contributed by atoms with E-state index >= 15 is 0 Å². The zero-order chi connectivity index (χ0) is 24.4. The van der Waals surface area contributed by atoms with Crippen molar-refractivity contribution in [3.63, 3.8) is 0 Å². The topological polar surface area (TPSA) is 104 Å². The van der Waals surface area contributed by atoms with Crippen LogP contribution < -0.4 is 9.46 Å². The van der Waals surface area contributed by atoms with Crippen LogP contribution in [0.3, 0.4) is 0 Å². The van der Waals surface area contributed by atoms with E-state index in [1.165, 1.54) is 24.8 Å². The van der Waals surface area contributed by atoms with Crippen molar-refractivity contribution in [2.75, 3.05) is 24.9 Å². The molecule has 0 spiro atoms. The fourth-order valence-electron chi connectivity index (χ4n) is 4.21. The summed E-state index contributed by atoms with van der Waals surface area (Å²) in [5.74, 6) is 0.284. The maximum Gasteiger partial charge on any atom is 0.262 e. The molecule has 0 saturated carbocycles. The van der Waals surface area contributed by atoms with Gasteiger partial charge in [0.1, 0.15) is 11.4 Å². The minimum atomic E-state index is -3.84. The van der Waals surface area contributed by atoms with Crippen molar-refractivity contribution in [3.05, 3.63) is 90.3 Å². The Bertz CT molecular complexity index is 1520. The largest absolute Gasteiger partial charge is 0.495 e. The van der Waals surface area contributed by atoms with Gasteiger partial charge >= 0.3 is 0 Å². The Kier molecular flexibility index (Phi) is 6.00. The van der Waals surface area contributed by atoms with Gasteiger partial charge in [0, 0.05) is 42.0 Å². The SMILES string of the molecule is COc1ccccc1NS(=O)(=O)c1ccc(C(=O)N2CC=C(c3c[nH]c4ncccc34)CC2)cc1. The summed E-state index contributed by atoms with van der Waals surface area (Å²) >= 11 is 0. The Morgan fingerprint density at radius 2 is 1.89 bits per heavy atom. The van der Waals surface area contributed by atoms with E-state index < -0.39 is 10.0 Å². The lowest BCUT2D eigenvalue weighted by molar-refractivity contribution is 0.0773. The van der Waals surface area contributed by atoms with E-state index in [1.807, 2.05) is 18.3 Å². The Morgan fingerprint density at radius 1 is 1.09 bits per heavy atom. The standard InChI is InChI=1S/C26H24N4O4S/c1-34-24-7-3-2-6-23(24)29-35(32,33)20-10-8-19(9-11-20)26(31)30-15-12-18(13-16-30)22-17-28-25-21(22)5-4-14-27-25/h2-12,14,17,29H,13,15-16H2,1H3,(H,27,28). The summed E-state index contributed by atoms with van der Waals surface area (Å²) in [6.45, 7) is 1.06. The fourth-order valence-corrected chi connectivity index (χ4v) is 5.28. The second kappa shape index (κ2) is 9.27. The molecule has 1 amide bonds. The molecule has 8 nitrogen and oxygen atoms in total. The number of anilines is 1. The lowest BCUT2D eigenvalue weighted by atomic mass is 9.99. The third kappa shape index (κ3) is 4.50. The molecule has 2 N–H and O–H groups in total. The van der Waals surface area contributed by atoms with Crippen molar-refractivity contribution in [1.82, 2.24) is 14.9 Å². The molecule has 4 aromatic rings. The molecule has 9 heteroatoms. The van der Waals surface area contributed by atoms with Gasteiger partial charge in [0.15, 0.2) is 0 Å². The molecule has 35 heavy (non-hydrogen) atoms. The third-order valence-corrected chi connectivity index (χ3v) is 7.44. The van der Waals surface area contributed by atoms with Crippen molar-refractivity contribution in [2.24, 2.45) is 0 Å². The number of fused-ring (bicyclic) bond motifs is 1. The lowest BCUT2D eigenvalue weighted by Crippen LogP contribution is -2.34. The first kappa shape index (κ1) is 22.7. The number of aromatic nitrogens is 2. The van der Waals surface area contributed by atoms with Gasteiger partial charge in [0.05, 0.1) is 17.7 Å². The van der Waals surface area contributed by atoms with E-state index in [9.17, 15) is 13.2 Å². The van der Waals surface area contributed by atoms with Gasteiger partial charge in [-0.3, -0.25) is 9.52 Å². The number of pyridine rings is 1. The molecule has 0 saturated heterocycles. The minimum Gasteiger partial charge on any atom is -0.495 e. The van der Waals surface area contributed by atoms with Crippen molar-refractivity contribution in [3.8, 4) is 5.75 Å². The molecule has 1 aliphatic heterocycles. The molecule has 178 valence electrons. The van der Waals surface area contributed by atoms with Crippen LogP contribution in [0.2, 0.25) is 0 Å². The van der Waals surface area contributed by atoms with E-state index in [0.29, 0.717) is 30.1 Å². The minimum absolute atomic E-state index is 0.0636. The number of nitrogens with zero attached hydrogens (tertiary/aromatic N) is 2. The highest BCUT2D eigenvalue weighted by Gasteiger charge is 2.22. The molecular formula is C26H24N4O4S. The normalized spacial score (nSPS) is 14.0. The second-order valence-electron chi connectivity index (χ2n) is 8.16. The maximum absolute atomic E-state index is 13.0. The van der Waals surface area contributed by atoms with Gasteiger partial charge in [-0.25, -0.2) is 13.4 Å². The zero-order valence-electron chi connectivity index (χ0n) is 19.1. The number of ether oxygens (including phenoxy) is 1. The molecule has 0 unspecified atom stereocenters. The van der Waals surface area contributed by atoms with Crippen LogP contribution in [0.1, 0.15) is 22.3 Å². The van der Waals surface area contributed by atoms with Crippen LogP contribution in [0.5, 0.6) is 5.75 Å². The molecule has 0 aliphatic carbocycles. The molecule has 0 bridgehead atoms. The molecule has 0 radical (unpaired) electrons. The summed E-state index contributed by atoms with van der Waals surface area (Å²) in [6.07, 6.45) is 6.50. The van der Waals surface area contributed by atoms with E-state index in [1.54, 1.807) is 47.5 Å². The molecule has 5 rings (SSSR count). The van der Waals surface area contributed by atoms with Crippen molar-refractivity contribution < 1.29 is 17.9 Å². The van der Waals surface area contributed by atoms with Crippen LogP contribution in [0, 0.1) is 0 Å². The second-order valence-corrected chi connectivity index (χ2v) is 9.85. The van der Waals surface area contributed by atoms with E-state index in [-0.39, 0.29) is 10.8 Å². The van der Waals surface area contributed by atoms with Gasteiger partial charge in [-0.2, -0.15) is 0 Å². The molecule has 1 aliphatic rings. The van der Waals surface area contributed by atoms with Gasteiger partial charge in [-0.15, -0.1) is 0 Å². The number of benzene rings is 2. The molecule has 0 atom stereocenters. The number of sulfonamides is 1. The summed E-state index contributed by atoms with van der Waals surface area (Å²) < 4.78 is 33.4. The number of hydrogen-bond acceptors (Lipinski definition) is 5. The summed E-state index contributed by atoms with van der Waals surface area (Å²) in [5, 5.41) is 1.07. The van der Waals surface area contributed by atoms with Crippen molar-refractivity contribution >= 4 is 38.2 Å². The molecule has 0 fully saturated rings. The highest BCUT2D eigenvalue weighted by molar-refractivity contribution is 7.92. The van der Waals surface area contributed by atoms with Crippen LogP contribution in [0.25, 0.3) is 16.6 Å². The van der Waals surface area contributed by atoms with Gasteiger partial charge in [-0.1, -0.05) is 18.2 Å². The maximum atomic E-state index is 13.0. The summed E-state index contributed by atoms with van der Waals surface area (Å²) in [7, 11) is -2.36. The number of nitrogens with one attached hydrogen (secondary N) is 2. The Labute approximate surface area is 203 Å². The van der Waals surface area contributed by atoms with Crippen molar-refractivity contribution in [2.45, 2.75) is 11.3 Å². The number of rotatable bonds is 6. The monoisotopic (exact) mass is 488 g/mol. The van der Waals surface area contributed by atoms with E-state index in [0.717, 1.165) is 23.0 Å². The van der Waals surface area contributed by atoms with Gasteiger partial charge < -0.3 is 14.6 Å². The fraction of sp³-hybridized carbons (Fsp3) is 0.154. The molecular weight excluding hydrogens is 464 g/mol. The number of H-pyrrole nitrogens is 1. The molecule has 2 aromatic heterocycles. The number of para-hydroxylation sites is 2. The average molecular weight is 489 g/mol. The van der Waals surface area contributed by atoms with Crippen LogP contribution in [-0.2, 0) is 10.0 Å². The lowest BCUT2D eigenvalue weighted by Gasteiger charge is -2.26. The van der Waals surface area contributed by atoms with Gasteiger partial charge in [-0.05, 0) is 60.5 Å². The third-order valence-electron chi connectivity index (χ3n) is 6.06. The Hall–Kier alpha value is -4.11. The highest BCUT2D eigenvalue weighted by atomic mass is 32.2. The smallest absolute Gasteiger partial charge is 0.262 e. The van der Waals surface area contributed by atoms with Crippen LogP contribution in [-0.4, -0.2) is 49.4 Å².